The van der Waals surface area contributed by atoms with Crippen molar-refractivity contribution in [2.75, 3.05) is 20.8 Å². The fourth-order valence-electron chi connectivity index (χ4n) is 3.23. The molecule has 0 saturated carbocycles. The molecule has 1 aromatic heterocycles. The average Bonchev–Trinajstić information content (AvgIpc) is 2.69. The molecule has 0 saturated heterocycles. The van der Waals surface area contributed by atoms with E-state index in [2.05, 4.69) is 4.74 Å². The molecule has 28 heavy (non-hydrogen) atoms. The SMILES string of the molecule is COC(=O)COc1c(OC)cccc1[C@@H]1CC(=O)Oc2cc(C)n(C)c(=O)c21. The first-order valence-corrected chi connectivity index (χ1v) is 8.65. The molecule has 0 amide bonds. The van der Waals surface area contributed by atoms with E-state index in [9.17, 15) is 14.4 Å². The van der Waals surface area contributed by atoms with Gasteiger partial charge in [0.15, 0.2) is 18.1 Å². The number of fused-ring (bicyclic) bond motifs is 1. The number of benzene rings is 1. The maximum absolute atomic E-state index is 12.9. The van der Waals surface area contributed by atoms with Crippen LogP contribution in [0.2, 0.25) is 0 Å². The van der Waals surface area contributed by atoms with Gasteiger partial charge in [0.05, 0.1) is 26.2 Å². The molecule has 0 unspecified atom stereocenters. The van der Waals surface area contributed by atoms with Gasteiger partial charge in [0.1, 0.15) is 5.75 Å². The highest BCUT2D eigenvalue weighted by atomic mass is 16.6. The molecule has 148 valence electrons. The van der Waals surface area contributed by atoms with Crippen LogP contribution in [0.3, 0.4) is 0 Å². The summed E-state index contributed by atoms with van der Waals surface area (Å²) in [5.74, 6) is -0.713. The molecule has 1 aromatic carbocycles. The summed E-state index contributed by atoms with van der Waals surface area (Å²) in [4.78, 5) is 36.7. The predicted octanol–water partition coefficient (Wildman–Crippen LogP) is 1.70. The number of pyridine rings is 1. The van der Waals surface area contributed by atoms with Gasteiger partial charge in [-0.25, -0.2) is 4.79 Å². The Hall–Kier alpha value is -3.29. The minimum Gasteiger partial charge on any atom is -0.493 e. The van der Waals surface area contributed by atoms with Crippen molar-refractivity contribution in [1.29, 1.82) is 0 Å². The standard InChI is InChI=1S/C20H21NO7/c1-11-8-15-18(20(24)21(11)2)13(9-16(22)28-15)12-6-5-7-14(25-3)19(12)27-10-17(23)26-4/h5-8,13H,9-10H2,1-4H3/t13-/m0/s1. The molecular weight excluding hydrogens is 366 g/mol. The predicted molar refractivity (Wildman–Crippen MR) is 99.0 cm³/mol. The Morgan fingerprint density at radius 3 is 2.71 bits per heavy atom. The number of aryl methyl sites for hydroxylation is 1. The number of carbonyl (C=O) groups excluding carboxylic acids is 2. The minimum atomic E-state index is -0.599. The molecule has 8 nitrogen and oxygen atoms in total. The van der Waals surface area contributed by atoms with E-state index in [-0.39, 0.29) is 30.1 Å². The topological polar surface area (TPSA) is 93.1 Å². The van der Waals surface area contributed by atoms with Gasteiger partial charge in [-0.3, -0.25) is 9.59 Å². The summed E-state index contributed by atoms with van der Waals surface area (Å²) < 4.78 is 22.4. The molecule has 0 N–H and O–H groups in total. The molecule has 3 rings (SSSR count). The first-order chi connectivity index (χ1) is 13.4. The number of aromatic nitrogens is 1. The van der Waals surface area contributed by atoms with E-state index in [1.54, 1.807) is 38.2 Å². The van der Waals surface area contributed by atoms with Gasteiger partial charge in [-0.05, 0) is 13.0 Å². The molecule has 1 atom stereocenters. The van der Waals surface area contributed by atoms with Crippen molar-refractivity contribution in [3.05, 3.63) is 51.4 Å². The van der Waals surface area contributed by atoms with E-state index in [0.29, 0.717) is 22.6 Å². The van der Waals surface area contributed by atoms with Crippen LogP contribution in [0.4, 0.5) is 0 Å². The van der Waals surface area contributed by atoms with Crippen molar-refractivity contribution in [2.45, 2.75) is 19.3 Å². The zero-order chi connectivity index (χ0) is 20.4. The van der Waals surface area contributed by atoms with E-state index in [1.807, 2.05) is 0 Å². The highest BCUT2D eigenvalue weighted by Gasteiger charge is 2.34. The third-order valence-electron chi connectivity index (χ3n) is 4.78. The second kappa shape index (κ2) is 7.75. The number of carbonyl (C=O) groups is 2. The van der Waals surface area contributed by atoms with E-state index >= 15 is 0 Å². The Bertz CT molecular complexity index is 993. The molecule has 2 heterocycles. The Morgan fingerprint density at radius 1 is 1.29 bits per heavy atom. The number of hydrogen-bond acceptors (Lipinski definition) is 7. The van der Waals surface area contributed by atoms with Crippen LogP contribution in [0.25, 0.3) is 0 Å². The summed E-state index contributed by atoms with van der Waals surface area (Å²) in [5, 5.41) is 0. The number of nitrogens with zero attached hydrogens (tertiary/aromatic N) is 1. The molecule has 0 fully saturated rings. The molecule has 1 aliphatic heterocycles. The zero-order valence-electron chi connectivity index (χ0n) is 16.1. The normalized spacial score (nSPS) is 15.4. The van der Waals surface area contributed by atoms with Crippen molar-refractivity contribution in [2.24, 2.45) is 7.05 Å². The Labute approximate surface area is 161 Å². The van der Waals surface area contributed by atoms with E-state index in [4.69, 9.17) is 14.2 Å². The number of esters is 2. The summed E-state index contributed by atoms with van der Waals surface area (Å²) in [6.45, 7) is 1.43. The Morgan fingerprint density at radius 2 is 2.04 bits per heavy atom. The van der Waals surface area contributed by atoms with Crippen LogP contribution in [0.15, 0.2) is 29.1 Å². The molecule has 0 spiro atoms. The molecule has 1 aliphatic rings. The highest BCUT2D eigenvalue weighted by molar-refractivity contribution is 5.78. The highest BCUT2D eigenvalue weighted by Crippen LogP contribution is 2.43. The van der Waals surface area contributed by atoms with E-state index < -0.39 is 17.9 Å². The van der Waals surface area contributed by atoms with Crippen molar-refractivity contribution < 1.29 is 28.5 Å². The smallest absolute Gasteiger partial charge is 0.343 e. The van der Waals surface area contributed by atoms with Gasteiger partial charge < -0.3 is 23.5 Å². The second-order valence-electron chi connectivity index (χ2n) is 6.40. The fraction of sp³-hybridized carbons (Fsp3) is 0.350. The third kappa shape index (κ3) is 3.45. The zero-order valence-corrected chi connectivity index (χ0v) is 16.1. The largest absolute Gasteiger partial charge is 0.493 e. The quantitative estimate of drug-likeness (QED) is 0.721. The molecule has 0 aliphatic carbocycles. The van der Waals surface area contributed by atoms with Gasteiger partial charge >= 0.3 is 11.9 Å². The van der Waals surface area contributed by atoms with Crippen LogP contribution in [0, 0.1) is 6.92 Å². The Balaban J connectivity index is 2.17. The van der Waals surface area contributed by atoms with Crippen LogP contribution in [0.5, 0.6) is 17.2 Å². The average molecular weight is 387 g/mol. The van der Waals surface area contributed by atoms with Gasteiger partial charge in [-0.2, -0.15) is 0 Å². The lowest BCUT2D eigenvalue weighted by atomic mass is 9.86. The van der Waals surface area contributed by atoms with Crippen molar-refractivity contribution in [3.8, 4) is 17.2 Å². The fourth-order valence-corrected chi connectivity index (χ4v) is 3.23. The van der Waals surface area contributed by atoms with Crippen LogP contribution in [-0.4, -0.2) is 37.3 Å². The lowest BCUT2D eigenvalue weighted by Crippen LogP contribution is -2.32. The summed E-state index contributed by atoms with van der Waals surface area (Å²) in [5.41, 5.74) is 1.34. The monoisotopic (exact) mass is 387 g/mol. The van der Waals surface area contributed by atoms with Crippen molar-refractivity contribution in [3.63, 3.8) is 0 Å². The van der Waals surface area contributed by atoms with Gasteiger partial charge in [0.2, 0.25) is 0 Å². The van der Waals surface area contributed by atoms with Crippen LogP contribution >= 0.6 is 0 Å². The molecule has 0 radical (unpaired) electrons. The van der Waals surface area contributed by atoms with Crippen LogP contribution in [0.1, 0.15) is 29.2 Å². The number of para-hydroxylation sites is 1. The summed E-state index contributed by atoms with van der Waals surface area (Å²) in [6.07, 6.45) is -0.0347. The van der Waals surface area contributed by atoms with Gasteiger partial charge in [-0.1, -0.05) is 12.1 Å². The van der Waals surface area contributed by atoms with Crippen LogP contribution in [-0.2, 0) is 21.4 Å². The summed E-state index contributed by atoms with van der Waals surface area (Å²) in [7, 11) is 4.38. The number of hydrogen-bond donors (Lipinski definition) is 0. The molecule has 0 bridgehead atoms. The number of methoxy groups -OCH3 is 2. The second-order valence-corrected chi connectivity index (χ2v) is 6.40. The first kappa shape index (κ1) is 19.5. The Kier molecular flexibility index (Phi) is 5.39. The maximum Gasteiger partial charge on any atom is 0.343 e. The van der Waals surface area contributed by atoms with E-state index in [0.717, 1.165) is 0 Å². The third-order valence-corrected chi connectivity index (χ3v) is 4.78. The van der Waals surface area contributed by atoms with Gasteiger partial charge in [-0.15, -0.1) is 0 Å². The van der Waals surface area contributed by atoms with Gasteiger partial charge in [0, 0.05) is 30.3 Å². The minimum absolute atomic E-state index is 0.0347. The lowest BCUT2D eigenvalue weighted by molar-refractivity contribution is -0.143. The maximum atomic E-state index is 12.9. The van der Waals surface area contributed by atoms with Crippen molar-refractivity contribution in [1.82, 2.24) is 4.57 Å². The van der Waals surface area contributed by atoms with Gasteiger partial charge in [0.25, 0.3) is 5.56 Å². The van der Waals surface area contributed by atoms with E-state index in [1.165, 1.54) is 18.8 Å². The summed E-state index contributed by atoms with van der Waals surface area (Å²) >= 11 is 0. The number of rotatable bonds is 5. The molecular formula is C20H21NO7. The van der Waals surface area contributed by atoms with Crippen LogP contribution < -0.4 is 19.8 Å². The summed E-state index contributed by atoms with van der Waals surface area (Å²) in [6, 6.07) is 6.81. The van der Waals surface area contributed by atoms with Crippen molar-refractivity contribution >= 4 is 11.9 Å². The number of ether oxygens (including phenoxy) is 4. The first-order valence-electron chi connectivity index (χ1n) is 8.65. The lowest BCUT2D eigenvalue weighted by Gasteiger charge is -2.27. The molecule has 8 heteroatoms. The molecule has 2 aromatic rings.